The van der Waals surface area contributed by atoms with Crippen LogP contribution in [0.4, 0.5) is 22.6 Å². The highest BCUT2D eigenvalue weighted by Gasteiger charge is 2.30. The molecule has 0 aliphatic heterocycles. The Morgan fingerprint density at radius 3 is 2.37 bits per heavy atom. The zero-order valence-electron chi connectivity index (χ0n) is 15.9. The number of thiophene rings is 1. The van der Waals surface area contributed by atoms with Crippen LogP contribution in [-0.2, 0) is 16.1 Å². The molecule has 0 saturated carbocycles. The van der Waals surface area contributed by atoms with E-state index < -0.39 is 47.7 Å². The van der Waals surface area contributed by atoms with E-state index in [9.17, 15) is 31.9 Å². The number of esters is 1. The third kappa shape index (κ3) is 4.81. The zero-order valence-corrected chi connectivity index (χ0v) is 17.5. The van der Waals surface area contributed by atoms with Crippen LogP contribution in [-0.4, -0.2) is 34.0 Å². The van der Waals surface area contributed by atoms with Gasteiger partial charge in [0.1, 0.15) is 22.9 Å². The Kier molecular flexibility index (Phi) is 7.59. The van der Waals surface area contributed by atoms with Crippen molar-refractivity contribution in [2.75, 3.05) is 11.9 Å². The second-order valence-electron chi connectivity index (χ2n) is 5.93. The lowest BCUT2D eigenvalue weighted by molar-refractivity contribution is -0.117. The number of aromatic nitrogens is 2. The standard InChI is InChI=1S/C17H16ClF4N3O4S/c1-4-29-17(28)9-6(2)13(7(3)26)30-16(9)23-8(27)5-25-12(15(21)22)10(18)11(24-25)14(19)20/h14-15H,4-5H2,1-3H3,(H,23,27). The number of ketones is 1. The third-order valence-corrected chi connectivity index (χ3v) is 5.56. The summed E-state index contributed by atoms with van der Waals surface area (Å²) in [4.78, 5) is 36.6. The SMILES string of the molecule is CCOC(=O)c1c(NC(=O)Cn2nc(C(F)F)c(Cl)c2C(F)F)sc(C(C)=O)c1C. The van der Waals surface area contributed by atoms with Crippen LogP contribution in [0.3, 0.4) is 0 Å². The van der Waals surface area contributed by atoms with Gasteiger partial charge in [0.05, 0.1) is 22.1 Å². The van der Waals surface area contributed by atoms with Gasteiger partial charge in [-0.3, -0.25) is 14.3 Å². The molecule has 0 radical (unpaired) electrons. The first kappa shape index (κ1) is 23.8. The van der Waals surface area contributed by atoms with Gasteiger partial charge >= 0.3 is 5.97 Å². The maximum Gasteiger partial charge on any atom is 0.341 e. The molecule has 0 bridgehead atoms. The number of Topliss-reactive ketones (excluding diaryl/α,β-unsaturated/α-hetero) is 1. The smallest absolute Gasteiger partial charge is 0.341 e. The van der Waals surface area contributed by atoms with Gasteiger partial charge in [0.25, 0.3) is 12.9 Å². The summed E-state index contributed by atoms with van der Waals surface area (Å²) in [6, 6.07) is 0. The molecule has 2 aromatic heterocycles. The Labute approximate surface area is 176 Å². The number of carbonyl (C=O) groups is 3. The predicted octanol–water partition coefficient (Wildman–Crippen LogP) is 4.80. The maximum atomic E-state index is 13.2. The summed E-state index contributed by atoms with van der Waals surface area (Å²) in [7, 11) is 0. The number of anilines is 1. The van der Waals surface area contributed by atoms with Gasteiger partial charge in [0.2, 0.25) is 5.91 Å². The topological polar surface area (TPSA) is 90.3 Å². The van der Waals surface area contributed by atoms with E-state index in [1.54, 1.807) is 6.92 Å². The molecule has 0 aliphatic carbocycles. The number of alkyl halides is 4. The number of ether oxygens (including phenoxy) is 1. The molecule has 2 heterocycles. The van der Waals surface area contributed by atoms with Crippen molar-refractivity contribution < 1.29 is 36.7 Å². The van der Waals surface area contributed by atoms with Crippen molar-refractivity contribution in [1.82, 2.24) is 9.78 Å². The summed E-state index contributed by atoms with van der Waals surface area (Å²) < 4.78 is 57.6. The Bertz CT molecular complexity index is 990. The largest absolute Gasteiger partial charge is 0.462 e. The van der Waals surface area contributed by atoms with Gasteiger partial charge < -0.3 is 10.1 Å². The maximum absolute atomic E-state index is 13.2. The average molecular weight is 470 g/mol. The number of amides is 1. The van der Waals surface area contributed by atoms with Crippen LogP contribution in [0.1, 0.15) is 63.7 Å². The van der Waals surface area contributed by atoms with Crippen molar-refractivity contribution in [2.24, 2.45) is 0 Å². The molecule has 2 rings (SSSR count). The summed E-state index contributed by atoms with van der Waals surface area (Å²) in [5.74, 6) is -2.09. The fourth-order valence-corrected chi connectivity index (χ4v) is 4.04. The van der Waals surface area contributed by atoms with Crippen LogP contribution in [0.5, 0.6) is 0 Å². The van der Waals surface area contributed by atoms with E-state index in [-0.39, 0.29) is 33.4 Å². The molecule has 164 valence electrons. The molecule has 2 aromatic rings. The quantitative estimate of drug-likeness (QED) is 0.341. The van der Waals surface area contributed by atoms with E-state index >= 15 is 0 Å². The van der Waals surface area contributed by atoms with Gasteiger partial charge in [-0.1, -0.05) is 11.6 Å². The summed E-state index contributed by atoms with van der Waals surface area (Å²) >= 11 is 6.36. The highest BCUT2D eigenvalue weighted by atomic mass is 35.5. The summed E-state index contributed by atoms with van der Waals surface area (Å²) in [5, 5.41) is 4.67. The molecule has 0 saturated heterocycles. The number of nitrogens with zero attached hydrogens (tertiary/aromatic N) is 2. The highest BCUT2D eigenvalue weighted by molar-refractivity contribution is 7.18. The molecule has 0 aliphatic rings. The molecule has 1 N–H and O–H groups in total. The number of hydrogen-bond donors (Lipinski definition) is 1. The highest BCUT2D eigenvalue weighted by Crippen LogP contribution is 2.36. The third-order valence-electron chi connectivity index (χ3n) is 3.86. The molecule has 0 aromatic carbocycles. The van der Waals surface area contributed by atoms with E-state index in [0.29, 0.717) is 4.68 Å². The van der Waals surface area contributed by atoms with Crippen LogP contribution in [0.25, 0.3) is 0 Å². The van der Waals surface area contributed by atoms with Crippen molar-refractivity contribution in [3.05, 3.63) is 32.4 Å². The van der Waals surface area contributed by atoms with Crippen LogP contribution in [0, 0.1) is 6.92 Å². The predicted molar refractivity (Wildman–Crippen MR) is 101 cm³/mol. The molecule has 0 fully saturated rings. The lowest BCUT2D eigenvalue weighted by Gasteiger charge is -2.09. The van der Waals surface area contributed by atoms with Crippen LogP contribution in [0.2, 0.25) is 5.02 Å². The van der Waals surface area contributed by atoms with Crippen molar-refractivity contribution in [2.45, 2.75) is 40.2 Å². The van der Waals surface area contributed by atoms with Crippen LogP contribution >= 0.6 is 22.9 Å². The molecular formula is C17H16ClF4N3O4S. The first-order valence-electron chi connectivity index (χ1n) is 8.43. The number of carbonyl (C=O) groups excluding carboxylic acids is 3. The lowest BCUT2D eigenvalue weighted by atomic mass is 10.1. The van der Waals surface area contributed by atoms with Crippen molar-refractivity contribution >= 4 is 45.6 Å². The zero-order chi connectivity index (χ0) is 22.7. The fourth-order valence-electron chi connectivity index (χ4n) is 2.63. The molecule has 30 heavy (non-hydrogen) atoms. The first-order chi connectivity index (χ1) is 14.0. The summed E-state index contributed by atoms with van der Waals surface area (Å²) in [6.45, 7) is 3.49. The second-order valence-corrected chi connectivity index (χ2v) is 7.33. The Morgan fingerprint density at radius 1 is 1.23 bits per heavy atom. The number of rotatable bonds is 8. The van der Waals surface area contributed by atoms with Crippen molar-refractivity contribution in [3.8, 4) is 0 Å². The van der Waals surface area contributed by atoms with Crippen molar-refractivity contribution in [3.63, 3.8) is 0 Å². The van der Waals surface area contributed by atoms with E-state index in [4.69, 9.17) is 16.3 Å². The van der Waals surface area contributed by atoms with E-state index in [1.807, 2.05) is 0 Å². The monoisotopic (exact) mass is 469 g/mol. The molecule has 7 nitrogen and oxygen atoms in total. The van der Waals surface area contributed by atoms with Crippen LogP contribution in [0.15, 0.2) is 0 Å². The van der Waals surface area contributed by atoms with Gasteiger partial charge in [0.15, 0.2) is 5.78 Å². The Balaban J connectivity index is 2.38. The van der Waals surface area contributed by atoms with E-state index in [0.717, 1.165) is 11.3 Å². The second kappa shape index (κ2) is 9.56. The van der Waals surface area contributed by atoms with Gasteiger partial charge in [-0.05, 0) is 26.3 Å². The lowest BCUT2D eigenvalue weighted by Crippen LogP contribution is -2.22. The van der Waals surface area contributed by atoms with Gasteiger partial charge in [-0.15, -0.1) is 11.3 Å². The number of hydrogen-bond acceptors (Lipinski definition) is 6. The van der Waals surface area contributed by atoms with Gasteiger partial charge in [-0.2, -0.15) is 5.10 Å². The minimum Gasteiger partial charge on any atom is -0.462 e. The van der Waals surface area contributed by atoms with E-state index in [2.05, 4.69) is 10.4 Å². The van der Waals surface area contributed by atoms with E-state index in [1.165, 1.54) is 13.8 Å². The molecule has 0 spiro atoms. The van der Waals surface area contributed by atoms with Crippen LogP contribution < -0.4 is 5.32 Å². The summed E-state index contributed by atoms with van der Waals surface area (Å²) in [5.41, 5.74) is -1.87. The molecule has 0 atom stereocenters. The van der Waals surface area contributed by atoms with Crippen molar-refractivity contribution in [1.29, 1.82) is 0 Å². The number of halogens is 5. The van der Waals surface area contributed by atoms with Gasteiger partial charge in [0, 0.05) is 0 Å². The Hall–Kier alpha value is -2.47. The molecule has 1 amide bonds. The molecule has 0 unspecified atom stereocenters. The van der Waals surface area contributed by atoms with Gasteiger partial charge in [-0.25, -0.2) is 22.4 Å². The minimum absolute atomic E-state index is 0.0351. The molecular weight excluding hydrogens is 454 g/mol. The summed E-state index contributed by atoms with van der Waals surface area (Å²) in [6.07, 6.45) is -6.47. The average Bonchev–Trinajstić information content (AvgIpc) is 3.12. The Morgan fingerprint density at radius 2 is 1.87 bits per heavy atom. The minimum atomic E-state index is -3.26. The number of nitrogens with one attached hydrogen (secondary N) is 1. The first-order valence-corrected chi connectivity index (χ1v) is 9.62. The fraction of sp³-hybridized carbons (Fsp3) is 0.412. The normalized spacial score (nSPS) is 11.3. The molecule has 13 heteroatoms.